The molecule has 2 unspecified atom stereocenters. The second kappa shape index (κ2) is 7.70. The molecule has 4 nitrogen and oxygen atoms in total. The van der Waals surface area contributed by atoms with Gasteiger partial charge in [-0.15, -0.1) is 0 Å². The molecule has 98 valence electrons. The topological polar surface area (TPSA) is 65.3 Å². The first-order valence-corrected chi connectivity index (χ1v) is 6.20. The second-order valence-electron chi connectivity index (χ2n) is 4.32. The molecule has 0 aromatic heterocycles. The van der Waals surface area contributed by atoms with E-state index in [4.69, 9.17) is 10.00 Å². The molecule has 1 aromatic carbocycles. The lowest BCUT2D eigenvalue weighted by Gasteiger charge is -2.16. The van der Waals surface area contributed by atoms with Crippen molar-refractivity contribution in [3.8, 4) is 11.8 Å². The van der Waals surface area contributed by atoms with Crippen molar-refractivity contribution < 1.29 is 9.84 Å². The van der Waals surface area contributed by atoms with E-state index in [0.29, 0.717) is 23.9 Å². The smallest absolute Gasteiger partial charge is 0.120 e. The maximum absolute atomic E-state index is 9.73. The standard InChI is InChI=1S/C14H20N2O2/c1-3-11(2)16-9-13(17)10-18-14-6-4-5-12(7-14)8-15/h4-7,11,13,16-17H,3,9-10H2,1-2H3. The van der Waals surface area contributed by atoms with Gasteiger partial charge in [0.25, 0.3) is 0 Å². The van der Waals surface area contributed by atoms with Crippen molar-refractivity contribution in [2.24, 2.45) is 0 Å². The minimum Gasteiger partial charge on any atom is -0.491 e. The van der Waals surface area contributed by atoms with Crippen LogP contribution in [0.3, 0.4) is 0 Å². The van der Waals surface area contributed by atoms with Gasteiger partial charge in [0, 0.05) is 12.6 Å². The van der Waals surface area contributed by atoms with Gasteiger partial charge in [0.15, 0.2) is 0 Å². The second-order valence-corrected chi connectivity index (χ2v) is 4.32. The van der Waals surface area contributed by atoms with Crippen molar-refractivity contribution in [2.45, 2.75) is 32.4 Å². The van der Waals surface area contributed by atoms with Crippen molar-refractivity contribution in [1.29, 1.82) is 5.26 Å². The van der Waals surface area contributed by atoms with Gasteiger partial charge in [0.05, 0.1) is 11.6 Å². The van der Waals surface area contributed by atoms with Crippen LogP contribution in [0, 0.1) is 11.3 Å². The molecule has 0 aliphatic heterocycles. The van der Waals surface area contributed by atoms with Gasteiger partial charge in [0.1, 0.15) is 18.5 Å². The predicted molar refractivity (Wildman–Crippen MR) is 70.4 cm³/mol. The zero-order valence-corrected chi connectivity index (χ0v) is 10.9. The number of nitrogens with zero attached hydrogens (tertiary/aromatic N) is 1. The molecule has 4 heteroatoms. The van der Waals surface area contributed by atoms with Crippen LogP contribution in [0.4, 0.5) is 0 Å². The first kappa shape index (κ1) is 14.5. The highest BCUT2D eigenvalue weighted by atomic mass is 16.5. The highest BCUT2D eigenvalue weighted by Crippen LogP contribution is 2.12. The minimum atomic E-state index is -0.551. The summed E-state index contributed by atoms with van der Waals surface area (Å²) < 4.78 is 5.44. The Hall–Kier alpha value is -1.57. The molecule has 0 spiro atoms. The Balaban J connectivity index is 2.33. The molecule has 0 fully saturated rings. The number of nitriles is 1. The fourth-order valence-corrected chi connectivity index (χ4v) is 1.39. The quantitative estimate of drug-likeness (QED) is 0.770. The Bertz CT molecular complexity index is 401. The van der Waals surface area contributed by atoms with Gasteiger partial charge >= 0.3 is 0 Å². The van der Waals surface area contributed by atoms with Crippen LogP contribution in [-0.2, 0) is 0 Å². The van der Waals surface area contributed by atoms with Crippen molar-refractivity contribution in [3.05, 3.63) is 29.8 Å². The monoisotopic (exact) mass is 248 g/mol. The maximum Gasteiger partial charge on any atom is 0.120 e. The number of aliphatic hydroxyl groups is 1. The maximum atomic E-state index is 9.73. The lowest BCUT2D eigenvalue weighted by Crippen LogP contribution is -2.36. The number of aliphatic hydroxyl groups excluding tert-OH is 1. The molecule has 1 aromatic rings. The molecule has 0 heterocycles. The Morgan fingerprint density at radius 1 is 1.50 bits per heavy atom. The Labute approximate surface area is 108 Å². The van der Waals surface area contributed by atoms with Crippen LogP contribution >= 0.6 is 0 Å². The van der Waals surface area contributed by atoms with Crippen LogP contribution in [0.25, 0.3) is 0 Å². The number of hydrogen-bond donors (Lipinski definition) is 2. The first-order chi connectivity index (χ1) is 8.65. The predicted octanol–water partition coefficient (Wildman–Crippen LogP) is 1.69. The van der Waals surface area contributed by atoms with Gasteiger partial charge in [-0.1, -0.05) is 13.0 Å². The van der Waals surface area contributed by atoms with Crippen LogP contribution in [0.2, 0.25) is 0 Å². The third-order valence-corrected chi connectivity index (χ3v) is 2.72. The summed E-state index contributed by atoms with van der Waals surface area (Å²) in [5, 5.41) is 21.7. The van der Waals surface area contributed by atoms with E-state index < -0.39 is 6.10 Å². The van der Waals surface area contributed by atoms with E-state index in [1.165, 1.54) is 0 Å². The SMILES string of the molecule is CCC(C)NCC(O)COc1cccc(C#N)c1. The van der Waals surface area contributed by atoms with Crippen LogP contribution in [0.1, 0.15) is 25.8 Å². The first-order valence-electron chi connectivity index (χ1n) is 6.20. The van der Waals surface area contributed by atoms with E-state index in [0.717, 1.165) is 6.42 Å². The van der Waals surface area contributed by atoms with Crippen molar-refractivity contribution in [3.63, 3.8) is 0 Å². The van der Waals surface area contributed by atoms with Crippen molar-refractivity contribution >= 4 is 0 Å². The van der Waals surface area contributed by atoms with Crippen molar-refractivity contribution in [1.82, 2.24) is 5.32 Å². The molecule has 0 amide bonds. The average Bonchev–Trinajstić information content (AvgIpc) is 2.42. The number of hydrogen-bond acceptors (Lipinski definition) is 4. The van der Waals surface area contributed by atoms with E-state index in [1.54, 1.807) is 24.3 Å². The Morgan fingerprint density at radius 2 is 2.28 bits per heavy atom. The molecule has 0 bridgehead atoms. The van der Waals surface area contributed by atoms with Gasteiger partial charge in [0.2, 0.25) is 0 Å². The zero-order valence-electron chi connectivity index (χ0n) is 10.9. The van der Waals surface area contributed by atoms with Crippen molar-refractivity contribution in [2.75, 3.05) is 13.2 Å². The van der Waals surface area contributed by atoms with Crippen LogP contribution in [0.5, 0.6) is 5.75 Å². The van der Waals surface area contributed by atoms with Gasteiger partial charge in [-0.25, -0.2) is 0 Å². The highest BCUT2D eigenvalue weighted by molar-refractivity contribution is 5.36. The molecule has 0 saturated carbocycles. The van der Waals surface area contributed by atoms with Gasteiger partial charge in [-0.2, -0.15) is 5.26 Å². The molecule has 0 radical (unpaired) electrons. The largest absolute Gasteiger partial charge is 0.491 e. The summed E-state index contributed by atoms with van der Waals surface area (Å²) in [6.07, 6.45) is 0.474. The molecular weight excluding hydrogens is 228 g/mol. The molecule has 2 atom stereocenters. The fourth-order valence-electron chi connectivity index (χ4n) is 1.39. The Morgan fingerprint density at radius 3 is 2.94 bits per heavy atom. The van der Waals surface area contributed by atoms with E-state index in [9.17, 15) is 5.11 Å². The van der Waals surface area contributed by atoms with Crippen LogP contribution in [-0.4, -0.2) is 30.4 Å². The summed E-state index contributed by atoms with van der Waals surface area (Å²) in [7, 11) is 0. The van der Waals surface area contributed by atoms with Gasteiger partial charge in [-0.05, 0) is 31.5 Å². The van der Waals surface area contributed by atoms with Crippen LogP contribution < -0.4 is 10.1 Å². The van der Waals surface area contributed by atoms with E-state index >= 15 is 0 Å². The van der Waals surface area contributed by atoms with Gasteiger partial charge in [-0.3, -0.25) is 0 Å². The fraction of sp³-hybridized carbons (Fsp3) is 0.500. The molecule has 18 heavy (non-hydrogen) atoms. The minimum absolute atomic E-state index is 0.221. The third-order valence-electron chi connectivity index (χ3n) is 2.72. The molecule has 0 saturated heterocycles. The number of nitrogens with one attached hydrogen (secondary N) is 1. The summed E-state index contributed by atoms with van der Waals surface area (Å²) in [6.45, 7) is 4.89. The molecular formula is C14H20N2O2. The molecule has 1 rings (SSSR count). The number of rotatable bonds is 7. The zero-order chi connectivity index (χ0) is 13.4. The summed E-state index contributed by atoms with van der Waals surface area (Å²) in [5.41, 5.74) is 0.555. The normalized spacial score (nSPS) is 13.7. The molecule has 0 aliphatic carbocycles. The summed E-state index contributed by atoms with van der Waals surface area (Å²) >= 11 is 0. The van der Waals surface area contributed by atoms with E-state index in [-0.39, 0.29) is 6.61 Å². The highest BCUT2D eigenvalue weighted by Gasteiger charge is 2.07. The Kier molecular flexibility index (Phi) is 6.20. The molecule has 0 aliphatic rings. The summed E-state index contributed by atoms with van der Waals surface area (Å²) in [6, 6.07) is 9.35. The number of benzene rings is 1. The van der Waals surface area contributed by atoms with E-state index in [2.05, 4.69) is 19.2 Å². The molecule has 2 N–H and O–H groups in total. The summed E-state index contributed by atoms with van der Waals surface area (Å²) in [4.78, 5) is 0. The number of ether oxygens (including phenoxy) is 1. The lowest BCUT2D eigenvalue weighted by molar-refractivity contribution is 0.104. The van der Waals surface area contributed by atoms with Gasteiger partial charge < -0.3 is 15.2 Å². The van der Waals surface area contributed by atoms with E-state index in [1.807, 2.05) is 6.07 Å². The summed E-state index contributed by atoms with van der Waals surface area (Å²) in [5.74, 6) is 0.608. The third kappa shape index (κ3) is 5.17. The average molecular weight is 248 g/mol. The lowest BCUT2D eigenvalue weighted by atomic mass is 10.2. The van der Waals surface area contributed by atoms with Crippen LogP contribution in [0.15, 0.2) is 24.3 Å².